The van der Waals surface area contributed by atoms with Crippen LogP contribution >= 0.6 is 11.3 Å². The Morgan fingerprint density at radius 1 is 1.03 bits per heavy atom. The number of ether oxygens (including phenoxy) is 2. The van der Waals surface area contributed by atoms with Crippen LogP contribution < -0.4 is 10.1 Å². The molecule has 1 N–H and O–H groups in total. The van der Waals surface area contributed by atoms with E-state index in [1.165, 1.54) is 18.4 Å². The number of hydrogen-bond acceptors (Lipinski definition) is 5. The first kappa shape index (κ1) is 20.6. The zero-order chi connectivity index (χ0) is 20.8. The number of esters is 1. The molecule has 0 fully saturated rings. The lowest BCUT2D eigenvalue weighted by Crippen LogP contribution is -2.15. The number of para-hydroxylation sites is 1. The van der Waals surface area contributed by atoms with E-state index in [1.807, 2.05) is 30.3 Å². The summed E-state index contributed by atoms with van der Waals surface area (Å²) in [5.74, 6) is -0.247. The SMILES string of the molecule is CCOC(=O)c1cc([C@@H](C)c2ccccc2)sc1NC(=O)c1ccccc1OC. The van der Waals surface area contributed by atoms with Crippen molar-refractivity contribution >= 4 is 28.2 Å². The fourth-order valence-electron chi connectivity index (χ4n) is 2.99. The van der Waals surface area contributed by atoms with Crippen molar-refractivity contribution in [3.05, 3.63) is 82.2 Å². The van der Waals surface area contributed by atoms with Crippen molar-refractivity contribution < 1.29 is 19.1 Å². The first-order valence-electron chi connectivity index (χ1n) is 9.35. The second-order valence-electron chi connectivity index (χ2n) is 6.40. The predicted molar refractivity (Wildman–Crippen MR) is 115 cm³/mol. The van der Waals surface area contributed by atoms with Gasteiger partial charge in [0.1, 0.15) is 10.8 Å². The summed E-state index contributed by atoms with van der Waals surface area (Å²) >= 11 is 1.38. The van der Waals surface area contributed by atoms with Crippen LogP contribution in [0.4, 0.5) is 5.00 Å². The van der Waals surface area contributed by atoms with Gasteiger partial charge in [-0.3, -0.25) is 4.79 Å². The van der Waals surface area contributed by atoms with Crippen molar-refractivity contribution in [3.63, 3.8) is 0 Å². The highest BCUT2D eigenvalue weighted by Gasteiger charge is 2.23. The molecule has 5 nitrogen and oxygen atoms in total. The molecule has 1 heterocycles. The van der Waals surface area contributed by atoms with Gasteiger partial charge >= 0.3 is 5.97 Å². The van der Waals surface area contributed by atoms with Gasteiger partial charge in [0.2, 0.25) is 0 Å². The minimum Gasteiger partial charge on any atom is -0.496 e. The largest absolute Gasteiger partial charge is 0.496 e. The van der Waals surface area contributed by atoms with E-state index >= 15 is 0 Å². The predicted octanol–water partition coefficient (Wildman–Crippen LogP) is 5.34. The monoisotopic (exact) mass is 409 g/mol. The van der Waals surface area contributed by atoms with Gasteiger partial charge in [0.05, 0.1) is 24.8 Å². The quantitative estimate of drug-likeness (QED) is 0.535. The molecule has 0 spiro atoms. The summed E-state index contributed by atoms with van der Waals surface area (Å²) in [4.78, 5) is 26.3. The summed E-state index contributed by atoms with van der Waals surface area (Å²) < 4.78 is 10.5. The minimum atomic E-state index is -0.453. The molecule has 0 bridgehead atoms. The fraction of sp³-hybridized carbons (Fsp3) is 0.217. The maximum atomic E-state index is 12.8. The van der Waals surface area contributed by atoms with Gasteiger partial charge in [-0.25, -0.2) is 4.79 Å². The van der Waals surface area contributed by atoms with Crippen molar-refractivity contribution in [1.29, 1.82) is 0 Å². The van der Waals surface area contributed by atoms with Gasteiger partial charge in [-0.05, 0) is 30.7 Å². The van der Waals surface area contributed by atoms with Crippen LogP contribution in [0.3, 0.4) is 0 Å². The van der Waals surface area contributed by atoms with Crippen LogP contribution in [0.1, 0.15) is 50.9 Å². The average Bonchev–Trinajstić information content (AvgIpc) is 3.17. The van der Waals surface area contributed by atoms with Gasteiger partial charge in [-0.15, -0.1) is 11.3 Å². The number of thiophene rings is 1. The van der Waals surface area contributed by atoms with E-state index in [2.05, 4.69) is 12.2 Å². The molecule has 0 radical (unpaired) electrons. The Morgan fingerprint density at radius 3 is 2.41 bits per heavy atom. The first-order chi connectivity index (χ1) is 14.0. The normalized spacial score (nSPS) is 11.6. The number of carbonyl (C=O) groups excluding carboxylic acids is 2. The van der Waals surface area contributed by atoms with Crippen molar-refractivity contribution in [2.24, 2.45) is 0 Å². The Bertz CT molecular complexity index is 997. The third-order valence-electron chi connectivity index (χ3n) is 4.55. The van der Waals surface area contributed by atoms with E-state index in [0.29, 0.717) is 21.9 Å². The van der Waals surface area contributed by atoms with Crippen molar-refractivity contribution in [1.82, 2.24) is 0 Å². The molecule has 3 rings (SSSR count). The highest BCUT2D eigenvalue weighted by molar-refractivity contribution is 7.16. The molecule has 150 valence electrons. The van der Waals surface area contributed by atoms with Crippen LogP contribution in [0.25, 0.3) is 0 Å². The van der Waals surface area contributed by atoms with Gasteiger partial charge in [-0.2, -0.15) is 0 Å². The van der Waals surface area contributed by atoms with Gasteiger partial charge < -0.3 is 14.8 Å². The molecular formula is C23H23NO4S. The van der Waals surface area contributed by atoms with Crippen LogP contribution in [0.2, 0.25) is 0 Å². The van der Waals surface area contributed by atoms with Crippen molar-refractivity contribution in [2.45, 2.75) is 19.8 Å². The van der Waals surface area contributed by atoms with E-state index in [9.17, 15) is 9.59 Å². The number of rotatable bonds is 7. The van der Waals surface area contributed by atoms with E-state index in [0.717, 1.165) is 10.4 Å². The number of anilines is 1. The topological polar surface area (TPSA) is 64.6 Å². The maximum absolute atomic E-state index is 12.8. The van der Waals surface area contributed by atoms with Gasteiger partial charge in [-0.1, -0.05) is 49.4 Å². The molecule has 0 unspecified atom stereocenters. The van der Waals surface area contributed by atoms with E-state index < -0.39 is 5.97 Å². The number of amides is 1. The average molecular weight is 410 g/mol. The molecule has 3 aromatic rings. The molecule has 0 saturated heterocycles. The molecule has 0 aliphatic heterocycles. The van der Waals surface area contributed by atoms with Crippen molar-refractivity contribution in [2.75, 3.05) is 19.0 Å². The molecule has 6 heteroatoms. The summed E-state index contributed by atoms with van der Waals surface area (Å²) in [5.41, 5.74) is 1.89. The Morgan fingerprint density at radius 2 is 1.72 bits per heavy atom. The number of hydrogen-bond donors (Lipinski definition) is 1. The third kappa shape index (κ3) is 4.66. The fourth-order valence-corrected chi connectivity index (χ4v) is 4.11. The lowest BCUT2D eigenvalue weighted by Gasteiger charge is -2.10. The standard InChI is InChI=1S/C23H23NO4S/c1-4-28-23(26)18-14-20(15(2)16-10-6-5-7-11-16)29-22(18)24-21(25)17-12-8-9-13-19(17)27-3/h5-15H,4H2,1-3H3,(H,24,25)/t15-/m0/s1. The molecule has 0 aliphatic rings. The zero-order valence-electron chi connectivity index (χ0n) is 16.6. The summed E-state index contributed by atoms with van der Waals surface area (Å²) in [6.07, 6.45) is 0. The van der Waals surface area contributed by atoms with Crippen LogP contribution in [0.5, 0.6) is 5.75 Å². The number of methoxy groups -OCH3 is 1. The Kier molecular flexibility index (Phi) is 6.67. The van der Waals surface area contributed by atoms with E-state index in [-0.39, 0.29) is 18.4 Å². The molecule has 1 amide bonds. The van der Waals surface area contributed by atoms with Gasteiger partial charge in [0.25, 0.3) is 5.91 Å². The zero-order valence-corrected chi connectivity index (χ0v) is 17.4. The molecule has 1 aromatic heterocycles. The molecule has 29 heavy (non-hydrogen) atoms. The van der Waals surface area contributed by atoms with Crippen LogP contribution in [0.15, 0.2) is 60.7 Å². The second-order valence-corrected chi connectivity index (χ2v) is 7.48. The Hall–Kier alpha value is -3.12. The highest BCUT2D eigenvalue weighted by atomic mass is 32.1. The first-order valence-corrected chi connectivity index (χ1v) is 10.2. The number of benzene rings is 2. The lowest BCUT2D eigenvalue weighted by atomic mass is 9.99. The lowest BCUT2D eigenvalue weighted by molar-refractivity contribution is 0.0528. The highest BCUT2D eigenvalue weighted by Crippen LogP contribution is 2.37. The van der Waals surface area contributed by atoms with E-state index in [1.54, 1.807) is 37.3 Å². The summed E-state index contributed by atoms with van der Waals surface area (Å²) in [7, 11) is 1.51. The van der Waals surface area contributed by atoms with Crippen LogP contribution in [0, 0.1) is 0 Å². The summed E-state index contributed by atoms with van der Waals surface area (Å²) in [5, 5.41) is 3.34. The smallest absolute Gasteiger partial charge is 0.341 e. The maximum Gasteiger partial charge on any atom is 0.341 e. The molecule has 2 aromatic carbocycles. The van der Waals surface area contributed by atoms with Crippen LogP contribution in [-0.4, -0.2) is 25.6 Å². The Balaban J connectivity index is 1.95. The minimum absolute atomic E-state index is 0.0753. The summed E-state index contributed by atoms with van der Waals surface area (Å²) in [6.45, 7) is 4.09. The number of nitrogens with one attached hydrogen (secondary N) is 1. The molecule has 1 atom stereocenters. The Labute approximate surface area is 174 Å². The second kappa shape index (κ2) is 9.39. The molecular weight excluding hydrogens is 386 g/mol. The third-order valence-corrected chi connectivity index (χ3v) is 5.78. The van der Waals surface area contributed by atoms with Gasteiger partial charge in [0, 0.05) is 10.8 Å². The van der Waals surface area contributed by atoms with E-state index in [4.69, 9.17) is 9.47 Å². The molecule has 0 saturated carbocycles. The van der Waals surface area contributed by atoms with Crippen LogP contribution in [-0.2, 0) is 4.74 Å². The number of carbonyl (C=O) groups is 2. The van der Waals surface area contributed by atoms with Gasteiger partial charge in [0.15, 0.2) is 0 Å². The summed E-state index contributed by atoms with van der Waals surface area (Å²) in [6, 6.07) is 18.8. The molecule has 0 aliphatic carbocycles. The van der Waals surface area contributed by atoms with Crippen molar-refractivity contribution in [3.8, 4) is 5.75 Å².